The van der Waals surface area contributed by atoms with Crippen molar-refractivity contribution < 1.29 is 6.17 Å². The Hall–Kier alpha value is -2.66. The van der Waals surface area contributed by atoms with Crippen LogP contribution in [0.25, 0.3) is 16.6 Å². The SMILES string of the molecule is [2H]c1cc(C(N)=O)c2nn(-c3ccc([C@@H]4CCCNC4)cc3)cc2c1. The van der Waals surface area contributed by atoms with Crippen molar-refractivity contribution in [3.8, 4) is 5.69 Å². The third kappa shape index (κ3) is 2.67. The van der Waals surface area contributed by atoms with E-state index in [9.17, 15) is 4.79 Å². The summed E-state index contributed by atoms with van der Waals surface area (Å²) in [5, 5.41) is 8.69. The fraction of sp³-hybridized carbons (Fsp3) is 0.263. The van der Waals surface area contributed by atoms with Gasteiger partial charge >= 0.3 is 0 Å². The second-order valence-corrected chi connectivity index (χ2v) is 6.25. The van der Waals surface area contributed by atoms with Gasteiger partial charge in [-0.05, 0) is 49.1 Å². The molecule has 1 saturated heterocycles. The summed E-state index contributed by atoms with van der Waals surface area (Å²) in [4.78, 5) is 11.6. The van der Waals surface area contributed by atoms with Crippen molar-refractivity contribution in [2.75, 3.05) is 13.1 Å². The van der Waals surface area contributed by atoms with E-state index in [0.717, 1.165) is 24.2 Å². The van der Waals surface area contributed by atoms with Crippen molar-refractivity contribution in [3.05, 3.63) is 59.8 Å². The molecule has 0 unspecified atom stereocenters. The van der Waals surface area contributed by atoms with Crippen LogP contribution in [0, 0.1) is 0 Å². The fourth-order valence-electron chi connectivity index (χ4n) is 3.34. The highest BCUT2D eigenvalue weighted by atomic mass is 16.1. The first kappa shape index (κ1) is 13.7. The summed E-state index contributed by atoms with van der Waals surface area (Å²) in [6.07, 6.45) is 4.26. The summed E-state index contributed by atoms with van der Waals surface area (Å²) >= 11 is 0. The zero-order chi connectivity index (χ0) is 17.4. The van der Waals surface area contributed by atoms with Gasteiger partial charge in [0, 0.05) is 18.1 Å². The molecule has 4 rings (SSSR count). The lowest BCUT2D eigenvalue weighted by Crippen LogP contribution is -2.28. The molecule has 2 heterocycles. The standard InChI is InChI=1S/C19H20N4O/c20-19(24)17-5-1-3-15-12-23(22-18(15)17)16-8-6-13(7-9-16)14-4-2-10-21-11-14/h1,3,5-9,12,14,21H,2,4,10-11H2,(H2,20,24)/t14-/m1/s1/i1D. The van der Waals surface area contributed by atoms with Gasteiger partial charge in [-0.1, -0.05) is 24.2 Å². The van der Waals surface area contributed by atoms with E-state index in [4.69, 9.17) is 7.10 Å². The van der Waals surface area contributed by atoms with E-state index in [1.54, 1.807) is 10.7 Å². The van der Waals surface area contributed by atoms with Gasteiger partial charge in [0.25, 0.3) is 5.91 Å². The first-order valence-electron chi connectivity index (χ1n) is 8.73. The lowest BCUT2D eigenvalue weighted by molar-refractivity contribution is 0.100. The van der Waals surface area contributed by atoms with Crippen molar-refractivity contribution in [3.63, 3.8) is 0 Å². The van der Waals surface area contributed by atoms with Gasteiger partial charge in [-0.25, -0.2) is 4.68 Å². The summed E-state index contributed by atoms with van der Waals surface area (Å²) in [6.45, 7) is 2.13. The average Bonchev–Trinajstić information content (AvgIpc) is 3.05. The van der Waals surface area contributed by atoms with Crippen molar-refractivity contribution in [2.45, 2.75) is 18.8 Å². The van der Waals surface area contributed by atoms with Crippen LogP contribution in [-0.4, -0.2) is 28.8 Å². The fourth-order valence-corrected chi connectivity index (χ4v) is 3.34. The third-order valence-corrected chi connectivity index (χ3v) is 4.66. The van der Waals surface area contributed by atoms with Gasteiger partial charge in [0.2, 0.25) is 0 Å². The smallest absolute Gasteiger partial charge is 0.250 e. The van der Waals surface area contributed by atoms with Crippen molar-refractivity contribution in [2.24, 2.45) is 5.73 Å². The lowest BCUT2D eigenvalue weighted by Gasteiger charge is -2.23. The molecule has 5 heteroatoms. The minimum absolute atomic E-state index is 0.251. The minimum Gasteiger partial charge on any atom is -0.366 e. The quantitative estimate of drug-likeness (QED) is 0.779. The van der Waals surface area contributed by atoms with Crippen molar-refractivity contribution in [1.29, 1.82) is 0 Å². The molecule has 24 heavy (non-hydrogen) atoms. The zero-order valence-corrected chi connectivity index (χ0v) is 13.3. The number of hydrogen-bond donors (Lipinski definition) is 2. The monoisotopic (exact) mass is 321 g/mol. The number of fused-ring (bicyclic) bond motifs is 1. The molecule has 1 aliphatic rings. The predicted molar refractivity (Wildman–Crippen MR) is 94.4 cm³/mol. The number of nitrogens with one attached hydrogen (secondary N) is 1. The Balaban J connectivity index is 1.69. The Morgan fingerprint density at radius 2 is 2.12 bits per heavy atom. The molecule has 2 aromatic carbocycles. The predicted octanol–water partition coefficient (Wildman–Crippen LogP) is 2.59. The van der Waals surface area contributed by atoms with Crippen molar-refractivity contribution >= 4 is 16.8 Å². The molecule has 0 aliphatic carbocycles. The first-order valence-corrected chi connectivity index (χ1v) is 8.23. The number of carbonyl (C=O) groups is 1. The molecule has 1 atom stereocenters. The first-order chi connectivity index (χ1) is 12.1. The zero-order valence-electron chi connectivity index (χ0n) is 14.3. The molecule has 5 nitrogen and oxygen atoms in total. The number of amides is 1. The van der Waals surface area contributed by atoms with E-state index in [2.05, 4.69) is 22.5 Å². The number of nitrogens with zero attached hydrogens (tertiary/aromatic N) is 2. The minimum atomic E-state index is -0.565. The molecular weight excluding hydrogens is 300 g/mol. The van der Waals surface area contributed by atoms with Gasteiger partial charge < -0.3 is 11.1 Å². The number of carbonyl (C=O) groups excluding carboxylic acids is 1. The number of piperidine rings is 1. The third-order valence-electron chi connectivity index (χ3n) is 4.66. The van der Waals surface area contributed by atoms with Crippen LogP contribution >= 0.6 is 0 Å². The molecule has 0 spiro atoms. The van der Waals surface area contributed by atoms with Crippen LogP contribution in [0.3, 0.4) is 0 Å². The van der Waals surface area contributed by atoms with E-state index >= 15 is 0 Å². The number of hydrogen-bond acceptors (Lipinski definition) is 3. The van der Waals surface area contributed by atoms with Gasteiger partial charge in [-0.3, -0.25) is 4.79 Å². The van der Waals surface area contributed by atoms with Gasteiger partial charge in [-0.15, -0.1) is 0 Å². The second kappa shape index (κ2) is 6.09. The molecule has 0 radical (unpaired) electrons. The van der Waals surface area contributed by atoms with E-state index < -0.39 is 5.91 Å². The molecule has 3 N–H and O–H groups in total. The number of primary amides is 1. The van der Waals surface area contributed by atoms with Crippen LogP contribution in [-0.2, 0) is 0 Å². The maximum atomic E-state index is 11.6. The molecule has 1 fully saturated rings. The topological polar surface area (TPSA) is 72.9 Å². The van der Waals surface area contributed by atoms with E-state index in [-0.39, 0.29) is 11.6 Å². The Morgan fingerprint density at radius 1 is 1.29 bits per heavy atom. The summed E-state index contributed by atoms with van der Waals surface area (Å²) in [7, 11) is 0. The molecule has 0 saturated carbocycles. The molecule has 0 bridgehead atoms. The largest absolute Gasteiger partial charge is 0.366 e. The average molecular weight is 321 g/mol. The van der Waals surface area contributed by atoms with Gasteiger partial charge in [0.05, 0.1) is 12.6 Å². The molecule has 1 aliphatic heterocycles. The number of rotatable bonds is 3. The van der Waals surface area contributed by atoms with E-state index in [1.807, 2.05) is 18.3 Å². The Bertz CT molecular complexity index is 926. The lowest BCUT2D eigenvalue weighted by atomic mass is 9.92. The molecular formula is C19H20N4O. The van der Waals surface area contributed by atoms with Crippen LogP contribution in [0.5, 0.6) is 0 Å². The Kier molecular flexibility index (Phi) is 3.49. The summed E-state index contributed by atoms with van der Waals surface area (Å²) in [5.41, 5.74) is 8.49. The van der Waals surface area contributed by atoms with Gasteiger partial charge in [-0.2, -0.15) is 5.10 Å². The molecule has 1 amide bonds. The van der Waals surface area contributed by atoms with Gasteiger partial charge in [0.15, 0.2) is 0 Å². The normalized spacial score (nSPS) is 18.5. The number of benzene rings is 2. The highest BCUT2D eigenvalue weighted by Crippen LogP contribution is 2.25. The van der Waals surface area contributed by atoms with Crippen LogP contribution < -0.4 is 11.1 Å². The highest BCUT2D eigenvalue weighted by molar-refractivity contribution is 6.04. The van der Waals surface area contributed by atoms with E-state index in [0.29, 0.717) is 11.4 Å². The Morgan fingerprint density at radius 3 is 2.83 bits per heavy atom. The van der Waals surface area contributed by atoms with Crippen LogP contribution in [0.1, 0.15) is 36.1 Å². The van der Waals surface area contributed by atoms with E-state index in [1.165, 1.54) is 24.5 Å². The van der Waals surface area contributed by atoms with Gasteiger partial charge in [0.1, 0.15) is 5.52 Å². The van der Waals surface area contributed by atoms with Crippen molar-refractivity contribution in [1.82, 2.24) is 15.1 Å². The maximum Gasteiger partial charge on any atom is 0.250 e. The molecule has 122 valence electrons. The molecule has 1 aromatic heterocycles. The number of aromatic nitrogens is 2. The highest BCUT2D eigenvalue weighted by Gasteiger charge is 2.15. The van der Waals surface area contributed by atoms with Crippen LogP contribution in [0.4, 0.5) is 0 Å². The summed E-state index contributed by atoms with van der Waals surface area (Å²) < 4.78 is 9.55. The number of nitrogens with two attached hydrogens (primary N) is 1. The summed E-state index contributed by atoms with van der Waals surface area (Å²) in [5.74, 6) is -0.00340. The maximum absolute atomic E-state index is 11.6. The Labute approximate surface area is 141 Å². The summed E-state index contributed by atoms with van der Waals surface area (Å²) in [6, 6.07) is 11.8. The van der Waals surface area contributed by atoms with Crippen LogP contribution in [0.15, 0.2) is 48.6 Å². The molecule has 3 aromatic rings. The second-order valence-electron chi connectivity index (χ2n) is 6.25. The van der Waals surface area contributed by atoms with Crippen LogP contribution in [0.2, 0.25) is 0 Å².